The summed E-state index contributed by atoms with van der Waals surface area (Å²) in [6.45, 7) is 1.49. The number of ether oxygens (including phenoxy) is 1. The summed E-state index contributed by atoms with van der Waals surface area (Å²) >= 11 is 1.11. The Bertz CT molecular complexity index is 740. The Kier molecular flexibility index (Phi) is 8.31. The van der Waals surface area contributed by atoms with Crippen molar-refractivity contribution in [2.24, 2.45) is 11.7 Å². The number of hydrogen-bond donors (Lipinski definition) is 3. The van der Waals surface area contributed by atoms with Crippen LogP contribution in [0.2, 0.25) is 0 Å². The maximum absolute atomic E-state index is 12.2. The molecule has 152 valence electrons. The van der Waals surface area contributed by atoms with E-state index in [-0.39, 0.29) is 17.4 Å². The monoisotopic (exact) mass is 407 g/mol. The SMILES string of the molecule is CC1CCCCC1NC(=O)NC(=O)COC(=O)c1ccccc1SCC(N)=O. The first-order valence-electron chi connectivity index (χ1n) is 9.14. The molecule has 0 aromatic heterocycles. The van der Waals surface area contributed by atoms with Gasteiger partial charge in [-0.15, -0.1) is 11.8 Å². The zero-order chi connectivity index (χ0) is 20.5. The molecule has 0 spiro atoms. The van der Waals surface area contributed by atoms with Crippen molar-refractivity contribution in [3.05, 3.63) is 29.8 Å². The molecule has 0 aliphatic heterocycles. The van der Waals surface area contributed by atoms with E-state index in [1.807, 2.05) is 0 Å². The Labute approximate surface area is 167 Å². The number of carbonyl (C=O) groups excluding carboxylic acids is 4. The highest BCUT2D eigenvalue weighted by Gasteiger charge is 2.23. The van der Waals surface area contributed by atoms with Gasteiger partial charge in [-0.25, -0.2) is 9.59 Å². The molecule has 28 heavy (non-hydrogen) atoms. The first-order chi connectivity index (χ1) is 13.4. The quantitative estimate of drug-likeness (QED) is 0.467. The summed E-state index contributed by atoms with van der Waals surface area (Å²) in [7, 11) is 0. The molecule has 1 aliphatic carbocycles. The molecule has 0 heterocycles. The van der Waals surface area contributed by atoms with Gasteiger partial charge in [-0.05, 0) is 30.9 Å². The lowest BCUT2D eigenvalue weighted by Crippen LogP contribution is -2.48. The summed E-state index contributed by atoms with van der Waals surface area (Å²) in [5.41, 5.74) is 5.34. The Balaban J connectivity index is 1.81. The fourth-order valence-electron chi connectivity index (χ4n) is 3.02. The number of primary amides is 1. The van der Waals surface area contributed by atoms with Gasteiger partial charge in [0.2, 0.25) is 5.91 Å². The molecule has 1 aromatic rings. The van der Waals surface area contributed by atoms with Gasteiger partial charge in [0.1, 0.15) is 0 Å². The Morgan fingerprint density at radius 2 is 1.89 bits per heavy atom. The first kappa shape index (κ1) is 21.7. The van der Waals surface area contributed by atoms with Crippen molar-refractivity contribution in [2.75, 3.05) is 12.4 Å². The summed E-state index contributed by atoms with van der Waals surface area (Å²) in [6.07, 6.45) is 4.13. The average Bonchev–Trinajstić information content (AvgIpc) is 2.66. The number of carbonyl (C=O) groups is 4. The van der Waals surface area contributed by atoms with E-state index in [1.54, 1.807) is 18.2 Å². The van der Waals surface area contributed by atoms with Crippen LogP contribution in [0.1, 0.15) is 43.0 Å². The minimum atomic E-state index is -0.718. The van der Waals surface area contributed by atoms with Crippen molar-refractivity contribution in [2.45, 2.75) is 43.5 Å². The van der Waals surface area contributed by atoms with Crippen LogP contribution in [0.25, 0.3) is 0 Å². The third-order valence-electron chi connectivity index (χ3n) is 4.49. The lowest BCUT2D eigenvalue weighted by atomic mass is 9.86. The maximum atomic E-state index is 12.2. The number of thioether (sulfide) groups is 1. The van der Waals surface area contributed by atoms with Crippen molar-refractivity contribution < 1.29 is 23.9 Å². The zero-order valence-electron chi connectivity index (χ0n) is 15.7. The minimum absolute atomic E-state index is 0.0184. The summed E-state index contributed by atoms with van der Waals surface area (Å²) in [5, 5.41) is 4.97. The van der Waals surface area contributed by atoms with Gasteiger partial charge < -0.3 is 15.8 Å². The van der Waals surface area contributed by atoms with Crippen LogP contribution < -0.4 is 16.4 Å². The molecule has 1 fully saturated rings. The van der Waals surface area contributed by atoms with Crippen LogP contribution >= 0.6 is 11.8 Å². The highest BCUT2D eigenvalue weighted by molar-refractivity contribution is 8.00. The number of imide groups is 1. The van der Waals surface area contributed by atoms with Gasteiger partial charge >= 0.3 is 12.0 Å². The van der Waals surface area contributed by atoms with Crippen LogP contribution in [0, 0.1) is 5.92 Å². The predicted octanol–water partition coefficient (Wildman–Crippen LogP) is 1.83. The van der Waals surface area contributed by atoms with E-state index in [1.165, 1.54) is 6.07 Å². The molecular formula is C19H25N3O5S. The summed E-state index contributed by atoms with van der Waals surface area (Å²) in [5.74, 6) is -1.56. The van der Waals surface area contributed by atoms with Crippen molar-refractivity contribution in [3.8, 4) is 0 Å². The second-order valence-corrected chi connectivity index (χ2v) is 7.73. The van der Waals surface area contributed by atoms with E-state index in [4.69, 9.17) is 10.5 Å². The third-order valence-corrected chi connectivity index (χ3v) is 5.59. The summed E-state index contributed by atoms with van der Waals surface area (Å²) in [6, 6.07) is 5.99. The Morgan fingerprint density at radius 1 is 1.18 bits per heavy atom. The van der Waals surface area contributed by atoms with Crippen LogP contribution in [0.3, 0.4) is 0 Å². The minimum Gasteiger partial charge on any atom is -0.452 e. The molecular weight excluding hydrogens is 382 g/mol. The lowest BCUT2D eigenvalue weighted by molar-refractivity contribution is -0.123. The van der Waals surface area contributed by atoms with Crippen molar-refractivity contribution in [1.29, 1.82) is 0 Å². The standard InChI is InChI=1S/C19H25N3O5S/c1-12-6-2-4-8-14(12)21-19(26)22-17(24)10-27-18(25)13-7-3-5-9-15(13)28-11-16(20)23/h3,5,7,9,12,14H,2,4,6,8,10-11H2,1H3,(H2,20,23)(H2,21,22,24,26). The van der Waals surface area contributed by atoms with Gasteiger partial charge in [0.25, 0.3) is 5.91 Å². The van der Waals surface area contributed by atoms with Crippen molar-refractivity contribution in [1.82, 2.24) is 10.6 Å². The van der Waals surface area contributed by atoms with Crippen molar-refractivity contribution in [3.63, 3.8) is 0 Å². The number of urea groups is 1. The highest BCUT2D eigenvalue weighted by atomic mass is 32.2. The summed E-state index contributed by atoms with van der Waals surface area (Å²) in [4.78, 5) is 47.5. The smallest absolute Gasteiger partial charge is 0.339 e. The van der Waals surface area contributed by atoms with E-state index in [2.05, 4.69) is 17.6 Å². The predicted molar refractivity (Wildman–Crippen MR) is 105 cm³/mol. The second-order valence-electron chi connectivity index (χ2n) is 6.72. The first-order valence-corrected chi connectivity index (χ1v) is 10.1. The van der Waals surface area contributed by atoms with Gasteiger partial charge in [0.15, 0.2) is 6.61 Å². The molecule has 2 rings (SSSR count). The number of nitrogens with one attached hydrogen (secondary N) is 2. The second kappa shape index (κ2) is 10.7. The highest BCUT2D eigenvalue weighted by Crippen LogP contribution is 2.24. The number of hydrogen-bond acceptors (Lipinski definition) is 6. The molecule has 1 aromatic carbocycles. The number of nitrogens with two attached hydrogens (primary N) is 1. The maximum Gasteiger partial charge on any atom is 0.339 e. The molecule has 0 radical (unpaired) electrons. The largest absolute Gasteiger partial charge is 0.452 e. The molecule has 9 heteroatoms. The van der Waals surface area contributed by atoms with Gasteiger partial charge in [-0.2, -0.15) is 0 Å². The topological polar surface area (TPSA) is 128 Å². The number of rotatable bonds is 7. The zero-order valence-corrected chi connectivity index (χ0v) is 16.6. The fourth-order valence-corrected chi connectivity index (χ4v) is 3.80. The molecule has 0 bridgehead atoms. The normalized spacial score (nSPS) is 18.8. The van der Waals surface area contributed by atoms with E-state index in [9.17, 15) is 19.2 Å². The molecule has 1 aliphatic rings. The molecule has 1 saturated carbocycles. The van der Waals surface area contributed by atoms with E-state index >= 15 is 0 Å². The van der Waals surface area contributed by atoms with Crippen LogP contribution in [0.4, 0.5) is 4.79 Å². The van der Waals surface area contributed by atoms with E-state index < -0.39 is 30.4 Å². The van der Waals surface area contributed by atoms with Crippen LogP contribution in [0.5, 0.6) is 0 Å². The fraction of sp³-hybridized carbons (Fsp3) is 0.474. The molecule has 8 nitrogen and oxygen atoms in total. The van der Waals surface area contributed by atoms with Crippen molar-refractivity contribution >= 4 is 35.6 Å². The summed E-state index contributed by atoms with van der Waals surface area (Å²) < 4.78 is 4.99. The van der Waals surface area contributed by atoms with Gasteiger partial charge in [0, 0.05) is 10.9 Å². The van der Waals surface area contributed by atoms with E-state index in [0.29, 0.717) is 10.8 Å². The van der Waals surface area contributed by atoms with Crippen LogP contribution in [-0.4, -0.2) is 42.2 Å². The van der Waals surface area contributed by atoms with Gasteiger partial charge in [0.05, 0.1) is 11.3 Å². The third kappa shape index (κ3) is 6.88. The lowest BCUT2D eigenvalue weighted by Gasteiger charge is -2.29. The van der Waals surface area contributed by atoms with Gasteiger partial charge in [-0.1, -0.05) is 31.9 Å². The van der Waals surface area contributed by atoms with Crippen LogP contribution in [0.15, 0.2) is 29.2 Å². The molecule has 2 unspecified atom stereocenters. The molecule has 2 atom stereocenters. The van der Waals surface area contributed by atoms with Crippen LogP contribution in [-0.2, 0) is 14.3 Å². The number of benzene rings is 1. The molecule has 4 amide bonds. The average molecular weight is 407 g/mol. The molecule has 4 N–H and O–H groups in total. The van der Waals surface area contributed by atoms with E-state index in [0.717, 1.165) is 37.4 Å². The Hall–Kier alpha value is -2.55. The van der Waals surface area contributed by atoms with Gasteiger partial charge in [-0.3, -0.25) is 14.9 Å². The number of esters is 1. The number of amides is 4. The molecule has 0 saturated heterocycles. The Morgan fingerprint density at radius 3 is 2.61 bits per heavy atom.